The van der Waals surface area contributed by atoms with Gasteiger partial charge in [0.2, 0.25) is 0 Å². The van der Waals surface area contributed by atoms with Crippen molar-refractivity contribution in [3.63, 3.8) is 0 Å². The van der Waals surface area contributed by atoms with Crippen LogP contribution in [0.1, 0.15) is 11.1 Å². The molecule has 1 aliphatic rings. The molecule has 0 bridgehead atoms. The van der Waals surface area contributed by atoms with Crippen molar-refractivity contribution < 1.29 is 17.9 Å². The van der Waals surface area contributed by atoms with Gasteiger partial charge in [0.1, 0.15) is 17.3 Å². The summed E-state index contributed by atoms with van der Waals surface area (Å²) in [5, 5.41) is 7.87. The number of fused-ring (bicyclic) bond motifs is 1. The molecule has 3 aromatic rings. The van der Waals surface area contributed by atoms with Crippen molar-refractivity contribution in [3.8, 4) is 22.7 Å². The van der Waals surface area contributed by atoms with E-state index in [1.165, 1.54) is 10.7 Å². The summed E-state index contributed by atoms with van der Waals surface area (Å²) in [5.41, 5.74) is 2.10. The van der Waals surface area contributed by atoms with Gasteiger partial charge < -0.3 is 10.1 Å². The van der Waals surface area contributed by atoms with E-state index in [0.29, 0.717) is 29.5 Å². The minimum absolute atomic E-state index is 0.357. The second-order valence-electron chi connectivity index (χ2n) is 6.16. The summed E-state index contributed by atoms with van der Waals surface area (Å²) in [6.45, 7) is 0.704. The third kappa shape index (κ3) is 3.18. The minimum atomic E-state index is -4.41. The van der Waals surface area contributed by atoms with Crippen LogP contribution in [0.25, 0.3) is 16.9 Å². The fourth-order valence-corrected chi connectivity index (χ4v) is 3.62. The first kappa shape index (κ1) is 17.9. The number of hydrogen-bond acceptors (Lipinski definition) is 3. The molecule has 0 aliphatic carbocycles. The van der Waals surface area contributed by atoms with Crippen molar-refractivity contribution in [1.29, 1.82) is 0 Å². The molecular formula is C19H15BrF3N3O. The Morgan fingerprint density at radius 1 is 1.19 bits per heavy atom. The summed E-state index contributed by atoms with van der Waals surface area (Å²) in [7, 11) is 1.58. The number of aromatic nitrogens is 2. The first-order chi connectivity index (χ1) is 12.9. The molecule has 140 valence electrons. The van der Waals surface area contributed by atoms with Gasteiger partial charge in [0.25, 0.3) is 0 Å². The average molecular weight is 438 g/mol. The first-order valence-electron chi connectivity index (χ1n) is 8.26. The summed E-state index contributed by atoms with van der Waals surface area (Å²) < 4.78 is 47.2. The van der Waals surface area contributed by atoms with Crippen LogP contribution in [0.15, 0.2) is 46.9 Å². The predicted octanol–water partition coefficient (Wildman–Crippen LogP) is 5.30. The average Bonchev–Trinajstić information content (AvgIpc) is 3.23. The monoisotopic (exact) mass is 437 g/mol. The smallest absolute Gasteiger partial charge is 0.416 e. The van der Waals surface area contributed by atoms with Gasteiger partial charge in [-0.15, -0.1) is 0 Å². The molecule has 1 N–H and O–H groups in total. The van der Waals surface area contributed by atoms with Crippen LogP contribution < -0.4 is 10.1 Å². The van der Waals surface area contributed by atoms with Gasteiger partial charge in [-0.05, 0) is 42.8 Å². The number of hydrogen-bond donors (Lipinski definition) is 1. The number of benzene rings is 2. The third-order valence-electron chi connectivity index (χ3n) is 4.49. The number of alkyl halides is 3. The van der Waals surface area contributed by atoms with Crippen molar-refractivity contribution in [2.24, 2.45) is 0 Å². The normalized spacial score (nSPS) is 13.4. The van der Waals surface area contributed by atoms with Crippen LogP contribution in [0.2, 0.25) is 0 Å². The number of halogens is 4. The van der Waals surface area contributed by atoms with Crippen molar-refractivity contribution in [1.82, 2.24) is 9.78 Å². The lowest BCUT2D eigenvalue weighted by atomic mass is 10.1. The van der Waals surface area contributed by atoms with E-state index in [4.69, 9.17) is 4.74 Å². The van der Waals surface area contributed by atoms with Crippen LogP contribution in [0.5, 0.6) is 5.75 Å². The van der Waals surface area contributed by atoms with Crippen molar-refractivity contribution in [2.45, 2.75) is 12.6 Å². The molecule has 1 aromatic heterocycles. The number of rotatable bonds is 3. The number of ether oxygens (including phenoxy) is 1. The molecule has 4 nitrogen and oxygen atoms in total. The van der Waals surface area contributed by atoms with E-state index in [0.717, 1.165) is 34.2 Å². The second kappa shape index (κ2) is 6.60. The molecule has 0 radical (unpaired) electrons. The predicted molar refractivity (Wildman–Crippen MR) is 100 cm³/mol. The highest BCUT2D eigenvalue weighted by Gasteiger charge is 2.31. The van der Waals surface area contributed by atoms with Crippen LogP contribution in [-0.4, -0.2) is 23.4 Å². The van der Waals surface area contributed by atoms with Gasteiger partial charge in [0.05, 0.1) is 18.4 Å². The third-order valence-corrected chi connectivity index (χ3v) is 4.98. The van der Waals surface area contributed by atoms with E-state index in [-0.39, 0.29) is 0 Å². The molecule has 1 aliphatic heterocycles. The summed E-state index contributed by atoms with van der Waals surface area (Å²) >= 11 is 3.46. The lowest BCUT2D eigenvalue weighted by Gasteiger charge is -2.11. The molecule has 4 rings (SSSR count). The highest BCUT2D eigenvalue weighted by molar-refractivity contribution is 9.10. The molecule has 0 saturated heterocycles. The summed E-state index contributed by atoms with van der Waals surface area (Å²) in [4.78, 5) is 0. The van der Waals surface area contributed by atoms with E-state index >= 15 is 0 Å². The Morgan fingerprint density at radius 3 is 2.74 bits per heavy atom. The lowest BCUT2D eigenvalue weighted by Crippen LogP contribution is -2.08. The maximum absolute atomic E-state index is 13.1. The Kier molecular flexibility index (Phi) is 4.38. The largest absolute Gasteiger partial charge is 0.496 e. The maximum Gasteiger partial charge on any atom is 0.416 e. The fourth-order valence-electron chi connectivity index (χ4n) is 3.26. The van der Waals surface area contributed by atoms with Crippen LogP contribution in [-0.2, 0) is 12.6 Å². The van der Waals surface area contributed by atoms with Crippen LogP contribution >= 0.6 is 15.9 Å². The van der Waals surface area contributed by atoms with Gasteiger partial charge in [-0.1, -0.05) is 22.0 Å². The Labute approximate surface area is 162 Å². The molecular weight excluding hydrogens is 423 g/mol. The van der Waals surface area contributed by atoms with Crippen molar-refractivity contribution in [3.05, 3.63) is 58.1 Å². The zero-order valence-electron chi connectivity index (χ0n) is 14.3. The van der Waals surface area contributed by atoms with Gasteiger partial charge in [0.15, 0.2) is 0 Å². The quantitative estimate of drug-likeness (QED) is 0.604. The first-order valence-corrected chi connectivity index (χ1v) is 9.05. The number of nitrogens with one attached hydrogen (secondary N) is 1. The summed E-state index contributed by atoms with van der Waals surface area (Å²) in [5.74, 6) is 1.37. The van der Waals surface area contributed by atoms with E-state index in [9.17, 15) is 13.2 Å². The standard InChI is InChI=1S/C19H15BrF3N3O/c1-27-16-6-5-12(20)10-15(16)17-14-7-8-24-18(14)26(25-17)13-4-2-3-11(9-13)19(21,22)23/h2-6,9-10,24H,7-8H2,1H3. The molecule has 2 aromatic carbocycles. The Balaban J connectivity index is 1.89. The zero-order chi connectivity index (χ0) is 19.2. The molecule has 0 saturated carbocycles. The van der Waals surface area contributed by atoms with Gasteiger partial charge in [-0.25, -0.2) is 4.68 Å². The molecule has 0 atom stereocenters. The van der Waals surface area contributed by atoms with Gasteiger partial charge in [-0.3, -0.25) is 0 Å². The van der Waals surface area contributed by atoms with Crippen LogP contribution in [0.4, 0.5) is 19.0 Å². The lowest BCUT2D eigenvalue weighted by molar-refractivity contribution is -0.137. The molecule has 0 fully saturated rings. The van der Waals surface area contributed by atoms with Crippen molar-refractivity contribution >= 4 is 21.7 Å². The van der Waals surface area contributed by atoms with E-state index in [1.807, 2.05) is 18.2 Å². The number of anilines is 1. The summed E-state index contributed by atoms with van der Waals surface area (Å²) in [6.07, 6.45) is -3.67. The molecule has 0 spiro atoms. The Bertz CT molecular complexity index is 1010. The molecule has 27 heavy (non-hydrogen) atoms. The van der Waals surface area contributed by atoms with Crippen LogP contribution in [0.3, 0.4) is 0 Å². The molecule has 0 unspecified atom stereocenters. The SMILES string of the molecule is COc1ccc(Br)cc1-c1nn(-c2cccc(C(F)(F)F)c2)c2c1CCN2. The van der Waals surface area contributed by atoms with E-state index in [2.05, 4.69) is 26.3 Å². The number of nitrogens with zero attached hydrogens (tertiary/aromatic N) is 2. The van der Waals surface area contributed by atoms with E-state index < -0.39 is 11.7 Å². The van der Waals surface area contributed by atoms with Crippen LogP contribution in [0, 0.1) is 0 Å². The second-order valence-corrected chi connectivity index (χ2v) is 7.07. The maximum atomic E-state index is 13.1. The van der Waals surface area contributed by atoms with Gasteiger partial charge in [0, 0.05) is 22.1 Å². The highest BCUT2D eigenvalue weighted by atomic mass is 79.9. The fraction of sp³-hybridized carbons (Fsp3) is 0.211. The minimum Gasteiger partial charge on any atom is -0.496 e. The molecule has 2 heterocycles. The Morgan fingerprint density at radius 2 is 2.00 bits per heavy atom. The number of methoxy groups -OCH3 is 1. The topological polar surface area (TPSA) is 39.1 Å². The molecule has 8 heteroatoms. The molecule has 0 amide bonds. The zero-order valence-corrected chi connectivity index (χ0v) is 15.9. The van der Waals surface area contributed by atoms with Crippen molar-refractivity contribution in [2.75, 3.05) is 19.0 Å². The van der Waals surface area contributed by atoms with E-state index in [1.54, 1.807) is 13.2 Å². The highest BCUT2D eigenvalue weighted by Crippen LogP contribution is 2.40. The summed E-state index contributed by atoms with van der Waals surface area (Å²) in [6, 6.07) is 10.8. The Hall–Kier alpha value is -2.48. The van der Waals surface area contributed by atoms with Gasteiger partial charge in [-0.2, -0.15) is 18.3 Å². The van der Waals surface area contributed by atoms with Gasteiger partial charge >= 0.3 is 6.18 Å².